The van der Waals surface area contributed by atoms with Gasteiger partial charge in [-0.3, -0.25) is 28.8 Å². The molecular weight excluding hydrogens is 582 g/mol. The Labute approximate surface area is 270 Å². The van der Waals surface area contributed by atoms with Crippen LogP contribution in [0.5, 0.6) is 0 Å². The highest BCUT2D eigenvalue weighted by Gasteiger charge is 2.34. The molecule has 0 heterocycles. The second kappa shape index (κ2) is 16.4. The number of rotatable bonds is 17. The molecule has 0 aliphatic rings. The van der Waals surface area contributed by atoms with E-state index in [0.29, 0.717) is 0 Å². The first-order chi connectivity index (χ1) is 21.7. The molecule has 0 aliphatic carbocycles. The minimum absolute atomic E-state index is 0.0505. The van der Waals surface area contributed by atoms with E-state index in [1.807, 2.05) is 67.6 Å². The molecule has 3 aromatic rings. The summed E-state index contributed by atoms with van der Waals surface area (Å²) in [5, 5.41) is 5.14. The number of nitrogens with one attached hydrogen (secondary N) is 2. The summed E-state index contributed by atoms with van der Waals surface area (Å²) in [7, 11) is 0. The van der Waals surface area contributed by atoms with Gasteiger partial charge in [-0.25, -0.2) is 0 Å². The van der Waals surface area contributed by atoms with Gasteiger partial charge in [0.2, 0.25) is 17.6 Å². The highest BCUT2D eigenvalue weighted by atomic mass is 16.2. The van der Waals surface area contributed by atoms with Gasteiger partial charge in [0.15, 0.2) is 5.78 Å². The first-order valence-corrected chi connectivity index (χ1v) is 15.4. The summed E-state index contributed by atoms with van der Waals surface area (Å²) in [6, 6.07) is 23.5. The largest absolute Gasteiger partial charge is 0.369 e. The Kier molecular flexibility index (Phi) is 12.7. The number of amides is 3. The number of hydrogen-bond acceptors (Lipinski definition) is 6. The molecule has 46 heavy (non-hydrogen) atoms. The second-order valence-corrected chi connectivity index (χ2v) is 12.5. The molecular formula is C37H43N3O6. The van der Waals surface area contributed by atoms with Gasteiger partial charge >= 0.3 is 0 Å². The standard InChI is InChI=1S/C37H43N3O6/c1-24-12-11-17-28(18-24)20-30(41)22-29(19-26-13-7-5-8-14-26)34(44)39-25(2)33(43)35(45)40-31(21-27-15-9-6-10-16-27)32(42)23-37(3,4)36(38)46/h5-18,25,29,31H,19-23H2,1-4H3,(H2,38,46)(H,39,44)(H,40,45)/t25?,29-,31+/m1/s1. The first-order valence-electron chi connectivity index (χ1n) is 15.4. The van der Waals surface area contributed by atoms with E-state index in [1.165, 1.54) is 20.8 Å². The van der Waals surface area contributed by atoms with Crippen molar-refractivity contribution in [2.24, 2.45) is 17.1 Å². The number of ketones is 3. The van der Waals surface area contributed by atoms with Crippen molar-refractivity contribution >= 4 is 35.1 Å². The lowest BCUT2D eigenvalue weighted by Gasteiger charge is -2.24. The van der Waals surface area contributed by atoms with Crippen LogP contribution in [0, 0.1) is 18.3 Å². The van der Waals surface area contributed by atoms with Crippen molar-refractivity contribution in [3.8, 4) is 0 Å². The first kappa shape index (κ1) is 35.6. The van der Waals surface area contributed by atoms with Crippen molar-refractivity contribution in [2.45, 2.75) is 71.9 Å². The van der Waals surface area contributed by atoms with Crippen molar-refractivity contribution in [3.05, 3.63) is 107 Å². The van der Waals surface area contributed by atoms with E-state index in [-0.39, 0.29) is 37.9 Å². The molecule has 0 aromatic heterocycles. The lowest BCUT2D eigenvalue weighted by Crippen LogP contribution is -2.52. The van der Waals surface area contributed by atoms with Gasteiger partial charge in [0.05, 0.1) is 17.5 Å². The third-order valence-corrected chi connectivity index (χ3v) is 7.89. The molecule has 3 rings (SSSR count). The van der Waals surface area contributed by atoms with E-state index >= 15 is 0 Å². The van der Waals surface area contributed by atoms with E-state index in [1.54, 1.807) is 24.3 Å². The molecule has 242 valence electrons. The molecule has 0 radical (unpaired) electrons. The summed E-state index contributed by atoms with van der Waals surface area (Å²) >= 11 is 0. The summed E-state index contributed by atoms with van der Waals surface area (Å²) in [5.74, 6) is -4.55. The number of hydrogen-bond donors (Lipinski definition) is 3. The maximum absolute atomic E-state index is 13.5. The van der Waals surface area contributed by atoms with Crippen LogP contribution in [0.2, 0.25) is 0 Å². The minimum atomic E-state index is -1.23. The fourth-order valence-electron chi connectivity index (χ4n) is 5.12. The third kappa shape index (κ3) is 10.9. The van der Waals surface area contributed by atoms with E-state index in [0.717, 1.165) is 22.3 Å². The fraction of sp³-hybridized carbons (Fsp3) is 0.351. The minimum Gasteiger partial charge on any atom is -0.369 e. The summed E-state index contributed by atoms with van der Waals surface area (Å²) in [6.07, 6.45) is 0.239. The van der Waals surface area contributed by atoms with Crippen LogP contribution in [0.25, 0.3) is 0 Å². The van der Waals surface area contributed by atoms with Gasteiger partial charge in [-0.2, -0.15) is 0 Å². The highest BCUT2D eigenvalue weighted by Crippen LogP contribution is 2.22. The van der Waals surface area contributed by atoms with Gasteiger partial charge < -0.3 is 16.4 Å². The number of carbonyl (C=O) groups is 6. The SMILES string of the molecule is Cc1cccc(CC(=O)C[C@@H](Cc2ccccc2)C(=O)NC(C)C(=O)C(=O)N[C@@H](Cc2ccccc2)C(=O)CC(C)(C)C(N)=O)c1. The number of Topliss-reactive ketones (excluding diaryl/α,β-unsaturated/α-hetero) is 3. The molecule has 0 bridgehead atoms. The van der Waals surface area contributed by atoms with Crippen molar-refractivity contribution in [3.63, 3.8) is 0 Å². The number of carbonyl (C=O) groups excluding carboxylic acids is 6. The van der Waals surface area contributed by atoms with Crippen molar-refractivity contribution < 1.29 is 28.8 Å². The smallest absolute Gasteiger partial charge is 0.290 e. The average Bonchev–Trinajstić information content (AvgIpc) is 3.00. The molecule has 4 N–H and O–H groups in total. The predicted molar refractivity (Wildman–Crippen MR) is 175 cm³/mol. The molecule has 3 aromatic carbocycles. The van der Waals surface area contributed by atoms with E-state index in [2.05, 4.69) is 10.6 Å². The molecule has 1 unspecified atom stereocenters. The summed E-state index contributed by atoms with van der Waals surface area (Å²) in [6.45, 7) is 6.40. The van der Waals surface area contributed by atoms with Crippen LogP contribution in [-0.2, 0) is 48.0 Å². The van der Waals surface area contributed by atoms with Crippen LogP contribution in [0.15, 0.2) is 84.9 Å². The molecule has 3 amide bonds. The fourth-order valence-corrected chi connectivity index (χ4v) is 5.12. The van der Waals surface area contributed by atoms with Crippen molar-refractivity contribution in [1.82, 2.24) is 10.6 Å². The molecule has 9 nitrogen and oxygen atoms in total. The van der Waals surface area contributed by atoms with Crippen LogP contribution < -0.4 is 16.4 Å². The molecule has 9 heteroatoms. The number of primary amides is 1. The Balaban J connectivity index is 1.72. The Morgan fingerprint density at radius 3 is 1.89 bits per heavy atom. The Morgan fingerprint density at radius 1 is 0.761 bits per heavy atom. The maximum Gasteiger partial charge on any atom is 0.290 e. The Hall–Kier alpha value is -4.92. The van der Waals surface area contributed by atoms with Crippen LogP contribution in [0.4, 0.5) is 0 Å². The maximum atomic E-state index is 13.5. The summed E-state index contributed by atoms with van der Waals surface area (Å²) in [4.78, 5) is 78.0. The second-order valence-electron chi connectivity index (χ2n) is 12.5. The van der Waals surface area contributed by atoms with Gasteiger partial charge in [0.25, 0.3) is 5.91 Å². The number of aryl methyl sites for hydroxylation is 1. The Bertz CT molecular complexity index is 1550. The Morgan fingerprint density at radius 2 is 1.33 bits per heavy atom. The summed E-state index contributed by atoms with van der Waals surface area (Å²) < 4.78 is 0. The van der Waals surface area contributed by atoms with Gasteiger partial charge in [-0.15, -0.1) is 0 Å². The molecule has 0 saturated carbocycles. The van der Waals surface area contributed by atoms with Crippen LogP contribution in [0.1, 0.15) is 55.9 Å². The number of nitrogens with two attached hydrogens (primary N) is 1. The lowest BCUT2D eigenvalue weighted by molar-refractivity contribution is -0.141. The molecule has 0 saturated heterocycles. The highest BCUT2D eigenvalue weighted by molar-refractivity contribution is 6.38. The average molecular weight is 626 g/mol. The topological polar surface area (TPSA) is 152 Å². The quantitative estimate of drug-likeness (QED) is 0.195. The third-order valence-electron chi connectivity index (χ3n) is 7.89. The van der Waals surface area contributed by atoms with Crippen molar-refractivity contribution in [2.75, 3.05) is 0 Å². The normalized spacial score (nSPS) is 13.1. The molecule has 3 atom stereocenters. The number of benzene rings is 3. The van der Waals surface area contributed by atoms with Gasteiger partial charge in [0.1, 0.15) is 5.78 Å². The molecule has 0 aliphatic heterocycles. The van der Waals surface area contributed by atoms with Crippen molar-refractivity contribution in [1.29, 1.82) is 0 Å². The molecule has 0 spiro atoms. The lowest BCUT2D eigenvalue weighted by atomic mass is 9.84. The van der Waals surface area contributed by atoms with Crippen LogP contribution in [0.3, 0.4) is 0 Å². The zero-order chi connectivity index (χ0) is 33.9. The van der Waals surface area contributed by atoms with E-state index in [4.69, 9.17) is 5.73 Å². The van der Waals surface area contributed by atoms with Crippen LogP contribution in [-0.4, -0.2) is 47.2 Å². The van der Waals surface area contributed by atoms with Gasteiger partial charge in [-0.1, -0.05) is 104 Å². The van der Waals surface area contributed by atoms with Gasteiger partial charge in [-0.05, 0) is 43.4 Å². The summed E-state index contributed by atoms with van der Waals surface area (Å²) in [5.41, 5.74) is 7.77. The van der Waals surface area contributed by atoms with E-state index < -0.39 is 52.7 Å². The molecule has 0 fully saturated rings. The monoisotopic (exact) mass is 625 g/mol. The van der Waals surface area contributed by atoms with E-state index in [9.17, 15) is 28.8 Å². The zero-order valence-electron chi connectivity index (χ0n) is 26.9. The zero-order valence-corrected chi connectivity index (χ0v) is 26.9. The van der Waals surface area contributed by atoms with Gasteiger partial charge in [0, 0.05) is 25.2 Å². The predicted octanol–water partition coefficient (Wildman–Crippen LogP) is 3.63. The van der Waals surface area contributed by atoms with Crippen LogP contribution >= 0.6 is 0 Å².